The predicted molar refractivity (Wildman–Crippen MR) is 104 cm³/mol. The van der Waals surface area contributed by atoms with E-state index in [1.807, 2.05) is 0 Å². The third-order valence-electron chi connectivity index (χ3n) is 4.27. The number of sulfonamides is 2. The minimum Gasteiger partial charge on any atom is -0.280 e. The lowest BCUT2D eigenvalue weighted by Crippen LogP contribution is -2.30. The van der Waals surface area contributed by atoms with Gasteiger partial charge in [-0.1, -0.05) is 18.5 Å². The number of carbonyl (C=O) groups excluding carboxylic acids is 1. The highest BCUT2D eigenvalue weighted by Crippen LogP contribution is 2.36. The maximum Gasteiger partial charge on any atom is 0.417 e. The van der Waals surface area contributed by atoms with Gasteiger partial charge in [0.2, 0.25) is 15.9 Å². The Morgan fingerprint density at radius 3 is 2.20 bits per heavy atom. The van der Waals surface area contributed by atoms with E-state index in [-0.39, 0.29) is 22.0 Å². The van der Waals surface area contributed by atoms with Crippen LogP contribution in [0.1, 0.15) is 12.5 Å². The molecule has 2 aromatic carbocycles. The van der Waals surface area contributed by atoms with E-state index in [1.165, 1.54) is 6.92 Å². The first-order valence-electron chi connectivity index (χ1n) is 8.29. The smallest absolute Gasteiger partial charge is 0.280 e. The van der Waals surface area contributed by atoms with Crippen LogP contribution in [0.5, 0.6) is 0 Å². The number of nitrogens with one attached hydrogen (secondary N) is 1. The van der Waals surface area contributed by atoms with Crippen molar-refractivity contribution in [3.63, 3.8) is 0 Å². The zero-order valence-corrected chi connectivity index (χ0v) is 17.5. The molecule has 13 heteroatoms. The molecule has 0 spiro atoms. The Balaban J connectivity index is 1.86. The maximum absolute atomic E-state index is 12.8. The molecule has 0 aliphatic carbocycles. The summed E-state index contributed by atoms with van der Waals surface area (Å²) in [6.45, 7) is 1.47. The Morgan fingerprint density at radius 2 is 1.73 bits per heavy atom. The predicted octanol–water partition coefficient (Wildman–Crippen LogP) is 3.47. The zero-order valence-electron chi connectivity index (χ0n) is 15.1. The average molecular weight is 483 g/mol. The minimum absolute atomic E-state index is 0.0131. The molecule has 162 valence electrons. The number of alkyl halides is 3. The highest BCUT2D eigenvalue weighted by atomic mass is 35.5. The van der Waals surface area contributed by atoms with Gasteiger partial charge in [-0.2, -0.15) is 13.2 Å². The standard InChI is InChI=1S/C17H14ClF3N2O5S2/c1-10-9-29(25,26)23(16(10)24)12-3-5-13(6-4-12)30(27,28)22-11-2-7-14(15(18)8-11)17(19,20)21/h2-8,10,22H,9H2,1H3. The van der Waals surface area contributed by atoms with E-state index >= 15 is 0 Å². The Labute approximate surface area is 175 Å². The van der Waals surface area contributed by atoms with Crippen LogP contribution in [0.3, 0.4) is 0 Å². The van der Waals surface area contributed by atoms with Crippen LogP contribution in [0, 0.1) is 5.92 Å². The van der Waals surface area contributed by atoms with Gasteiger partial charge in [-0.3, -0.25) is 9.52 Å². The minimum atomic E-state index is -4.69. The van der Waals surface area contributed by atoms with Gasteiger partial charge in [0.25, 0.3) is 10.0 Å². The number of rotatable bonds is 4. The van der Waals surface area contributed by atoms with Gasteiger partial charge in [-0.25, -0.2) is 21.1 Å². The lowest BCUT2D eigenvalue weighted by atomic mass is 10.2. The Hall–Kier alpha value is -2.31. The van der Waals surface area contributed by atoms with E-state index in [2.05, 4.69) is 4.72 Å². The normalized spacial score (nSPS) is 19.2. The summed E-state index contributed by atoms with van der Waals surface area (Å²) in [5, 5.41) is -0.676. The molecule has 1 fully saturated rings. The quantitative estimate of drug-likeness (QED) is 0.719. The van der Waals surface area contributed by atoms with Gasteiger partial charge < -0.3 is 0 Å². The number of amides is 1. The Morgan fingerprint density at radius 1 is 1.13 bits per heavy atom. The summed E-state index contributed by atoms with van der Waals surface area (Å²) in [5.74, 6) is -1.69. The molecule has 30 heavy (non-hydrogen) atoms. The molecule has 1 aliphatic heterocycles. The van der Waals surface area contributed by atoms with E-state index in [0.29, 0.717) is 10.4 Å². The number of halogens is 4. The summed E-state index contributed by atoms with van der Waals surface area (Å²) in [6.07, 6.45) is -4.69. The van der Waals surface area contributed by atoms with E-state index in [1.54, 1.807) is 0 Å². The Kier molecular flexibility index (Phi) is 5.54. The molecule has 3 rings (SSSR count). The molecule has 0 bridgehead atoms. The fraction of sp³-hybridized carbons (Fsp3) is 0.235. The summed E-state index contributed by atoms with van der Waals surface area (Å²) in [4.78, 5) is 11.8. The van der Waals surface area contributed by atoms with Crippen LogP contribution in [0.25, 0.3) is 0 Å². The molecule has 1 amide bonds. The number of carbonyl (C=O) groups is 1. The van der Waals surface area contributed by atoms with Crippen LogP contribution in [0.4, 0.5) is 24.5 Å². The number of nitrogens with zero attached hydrogens (tertiary/aromatic N) is 1. The monoisotopic (exact) mass is 482 g/mol. The molecule has 2 aromatic rings. The van der Waals surface area contributed by atoms with Gasteiger partial charge in [0.1, 0.15) is 0 Å². The largest absolute Gasteiger partial charge is 0.417 e. The average Bonchev–Trinajstić information content (AvgIpc) is 2.80. The maximum atomic E-state index is 12.8. The zero-order chi connectivity index (χ0) is 22.5. The van der Waals surface area contributed by atoms with Crippen molar-refractivity contribution in [1.82, 2.24) is 0 Å². The van der Waals surface area contributed by atoms with Gasteiger partial charge in [0.05, 0.1) is 38.5 Å². The fourth-order valence-electron chi connectivity index (χ4n) is 2.87. The molecule has 1 aliphatic rings. The molecule has 0 aromatic heterocycles. The molecule has 1 atom stereocenters. The molecule has 1 unspecified atom stereocenters. The molecule has 1 N–H and O–H groups in total. The summed E-state index contributed by atoms with van der Waals surface area (Å²) < 4.78 is 90.2. The van der Waals surface area contributed by atoms with Crippen LogP contribution in [0.15, 0.2) is 47.4 Å². The second-order valence-electron chi connectivity index (χ2n) is 6.57. The number of benzene rings is 2. The first-order valence-corrected chi connectivity index (χ1v) is 11.8. The van der Waals surface area contributed by atoms with E-state index < -0.39 is 48.6 Å². The molecule has 1 heterocycles. The first-order chi connectivity index (χ1) is 13.7. The van der Waals surface area contributed by atoms with Crippen molar-refractivity contribution >= 4 is 48.9 Å². The van der Waals surface area contributed by atoms with Gasteiger partial charge in [0.15, 0.2) is 0 Å². The van der Waals surface area contributed by atoms with Crippen molar-refractivity contribution in [3.05, 3.63) is 53.1 Å². The van der Waals surface area contributed by atoms with Gasteiger partial charge >= 0.3 is 6.18 Å². The topological polar surface area (TPSA) is 101 Å². The van der Waals surface area contributed by atoms with Gasteiger partial charge in [0, 0.05) is 0 Å². The first kappa shape index (κ1) is 22.4. The summed E-state index contributed by atoms with van der Waals surface area (Å²) in [5.41, 5.74) is -1.31. The third kappa shape index (κ3) is 4.25. The van der Waals surface area contributed by atoms with Crippen LogP contribution in [-0.2, 0) is 31.0 Å². The number of hydrogen-bond acceptors (Lipinski definition) is 5. The van der Waals surface area contributed by atoms with Crippen molar-refractivity contribution < 1.29 is 34.8 Å². The second-order valence-corrected chi connectivity index (χ2v) is 10.5. The lowest BCUT2D eigenvalue weighted by Gasteiger charge is -2.16. The highest BCUT2D eigenvalue weighted by Gasteiger charge is 2.42. The van der Waals surface area contributed by atoms with Crippen LogP contribution in [0.2, 0.25) is 5.02 Å². The van der Waals surface area contributed by atoms with E-state index in [4.69, 9.17) is 11.6 Å². The summed E-state index contributed by atoms with van der Waals surface area (Å²) in [6, 6.07) is 6.85. The van der Waals surface area contributed by atoms with Crippen molar-refractivity contribution in [2.24, 2.45) is 5.92 Å². The molecule has 0 radical (unpaired) electrons. The van der Waals surface area contributed by atoms with Crippen LogP contribution in [-0.4, -0.2) is 28.5 Å². The Bertz CT molecular complexity index is 1210. The lowest BCUT2D eigenvalue weighted by molar-refractivity contribution is -0.137. The molecular weight excluding hydrogens is 469 g/mol. The number of hydrogen-bond donors (Lipinski definition) is 1. The van der Waals surface area contributed by atoms with Crippen molar-refractivity contribution in [3.8, 4) is 0 Å². The molecule has 0 saturated carbocycles. The van der Waals surface area contributed by atoms with E-state index in [0.717, 1.165) is 36.4 Å². The van der Waals surface area contributed by atoms with Crippen LogP contribution >= 0.6 is 11.6 Å². The van der Waals surface area contributed by atoms with Gasteiger partial charge in [-0.05, 0) is 42.5 Å². The van der Waals surface area contributed by atoms with Crippen molar-refractivity contribution in [2.75, 3.05) is 14.8 Å². The van der Waals surface area contributed by atoms with Gasteiger partial charge in [-0.15, -0.1) is 0 Å². The molecule has 1 saturated heterocycles. The fourth-order valence-corrected chi connectivity index (χ4v) is 6.03. The van der Waals surface area contributed by atoms with E-state index in [9.17, 15) is 34.8 Å². The summed E-state index contributed by atoms with van der Waals surface area (Å²) in [7, 11) is -8.06. The van der Waals surface area contributed by atoms with Crippen molar-refractivity contribution in [2.45, 2.75) is 18.0 Å². The van der Waals surface area contributed by atoms with Crippen molar-refractivity contribution in [1.29, 1.82) is 0 Å². The van der Waals surface area contributed by atoms with Crippen LogP contribution < -0.4 is 9.03 Å². The highest BCUT2D eigenvalue weighted by molar-refractivity contribution is 7.94. The molecular formula is C17H14ClF3N2O5S2. The third-order valence-corrected chi connectivity index (χ3v) is 7.85. The summed E-state index contributed by atoms with van der Waals surface area (Å²) >= 11 is 5.59. The number of anilines is 2. The molecule has 7 nitrogen and oxygen atoms in total. The SMILES string of the molecule is CC1CS(=O)(=O)N(c2ccc(S(=O)(=O)Nc3ccc(C(F)(F)F)c(Cl)c3)cc2)C1=O. The second kappa shape index (κ2) is 7.43.